The number of thioether (sulfide) groups is 1. The van der Waals surface area contributed by atoms with E-state index in [2.05, 4.69) is 9.97 Å². The van der Waals surface area contributed by atoms with E-state index in [1.165, 1.54) is 16.9 Å². The van der Waals surface area contributed by atoms with Gasteiger partial charge in [0.25, 0.3) is 0 Å². The molecule has 1 aliphatic rings. The molecule has 4 rings (SSSR count). The van der Waals surface area contributed by atoms with Crippen LogP contribution in [0.15, 0.2) is 41.7 Å². The molecule has 0 N–H and O–H groups in total. The lowest BCUT2D eigenvalue weighted by atomic mass is 10.1. The number of carbonyl (C=O) groups excluding carboxylic acids is 1. The Morgan fingerprint density at radius 3 is 2.76 bits per heavy atom. The van der Waals surface area contributed by atoms with Gasteiger partial charge in [0.2, 0.25) is 5.91 Å². The van der Waals surface area contributed by atoms with Gasteiger partial charge in [0.05, 0.1) is 0 Å². The van der Waals surface area contributed by atoms with Crippen LogP contribution in [0.2, 0.25) is 0 Å². The van der Waals surface area contributed by atoms with Crippen molar-refractivity contribution in [3.8, 4) is 0 Å². The first-order valence-corrected chi connectivity index (χ1v) is 10.0. The average molecular weight is 370 g/mol. The van der Waals surface area contributed by atoms with Gasteiger partial charge >= 0.3 is 0 Å². The van der Waals surface area contributed by atoms with E-state index in [0.717, 1.165) is 33.6 Å². The third-order valence-corrected chi connectivity index (χ3v) is 6.91. The lowest BCUT2D eigenvalue weighted by Crippen LogP contribution is -2.26. The molecule has 25 heavy (non-hydrogen) atoms. The van der Waals surface area contributed by atoms with Crippen LogP contribution in [0.4, 0.5) is 0 Å². The summed E-state index contributed by atoms with van der Waals surface area (Å²) in [5.74, 6) is 0.0786. The van der Waals surface area contributed by atoms with Gasteiger partial charge in [0, 0.05) is 24.4 Å². The summed E-state index contributed by atoms with van der Waals surface area (Å²) in [4.78, 5) is 26.0. The Morgan fingerprint density at radius 2 is 2.00 bits per heavy atom. The van der Waals surface area contributed by atoms with Gasteiger partial charge in [-0.05, 0) is 30.4 Å². The highest BCUT2D eigenvalue weighted by molar-refractivity contribution is 8.00. The molecule has 1 amide bonds. The van der Waals surface area contributed by atoms with Gasteiger partial charge in [0.1, 0.15) is 21.4 Å². The van der Waals surface area contributed by atoms with Crippen molar-refractivity contribution in [1.29, 1.82) is 0 Å². The highest BCUT2D eigenvalue weighted by Crippen LogP contribution is 2.44. The summed E-state index contributed by atoms with van der Waals surface area (Å²) in [6.45, 7) is 0. The van der Waals surface area contributed by atoms with E-state index in [-0.39, 0.29) is 11.2 Å². The molecule has 4 nitrogen and oxygen atoms in total. The Bertz CT molecular complexity index is 921. The van der Waals surface area contributed by atoms with Crippen molar-refractivity contribution in [2.75, 3.05) is 14.1 Å². The molecule has 0 bridgehead atoms. The van der Waals surface area contributed by atoms with Crippen molar-refractivity contribution in [3.63, 3.8) is 0 Å². The van der Waals surface area contributed by atoms with Crippen LogP contribution in [-0.2, 0) is 17.6 Å². The number of thiophene rings is 1. The van der Waals surface area contributed by atoms with E-state index in [1.807, 2.05) is 30.3 Å². The molecule has 0 aliphatic heterocycles. The second kappa shape index (κ2) is 6.77. The quantitative estimate of drug-likeness (QED) is 0.513. The summed E-state index contributed by atoms with van der Waals surface area (Å²) in [5, 5.41) is 1.79. The Kier molecular flexibility index (Phi) is 4.48. The summed E-state index contributed by atoms with van der Waals surface area (Å²) < 4.78 is 0. The molecule has 1 aromatic carbocycles. The molecule has 1 atom stereocenters. The maximum atomic E-state index is 12.8. The fourth-order valence-electron chi connectivity index (χ4n) is 3.22. The number of amides is 1. The van der Waals surface area contributed by atoms with Crippen LogP contribution in [0.1, 0.15) is 27.7 Å². The van der Waals surface area contributed by atoms with Crippen LogP contribution in [0, 0.1) is 0 Å². The number of aryl methyl sites for hydroxylation is 2. The number of benzene rings is 1. The number of nitrogens with zero attached hydrogens (tertiary/aromatic N) is 3. The molecule has 0 saturated heterocycles. The maximum Gasteiger partial charge on any atom is 0.240 e. The first-order chi connectivity index (χ1) is 12.1. The zero-order valence-corrected chi connectivity index (χ0v) is 15.9. The van der Waals surface area contributed by atoms with Crippen LogP contribution < -0.4 is 0 Å². The number of aromatic nitrogens is 2. The van der Waals surface area contributed by atoms with Crippen LogP contribution in [0.3, 0.4) is 0 Å². The predicted octanol–water partition coefficient (Wildman–Crippen LogP) is 4.10. The molecule has 0 radical (unpaired) electrons. The predicted molar refractivity (Wildman–Crippen MR) is 103 cm³/mol. The van der Waals surface area contributed by atoms with Crippen molar-refractivity contribution in [2.45, 2.75) is 29.5 Å². The smallest absolute Gasteiger partial charge is 0.240 e. The van der Waals surface area contributed by atoms with Crippen LogP contribution >= 0.6 is 23.1 Å². The third kappa shape index (κ3) is 3.04. The standard InChI is InChI=1S/C19H19N3OS2/c1-22(2)19(23)16(12-7-4-3-5-8-12)25-18-15-13-9-6-10-14(13)24-17(15)20-11-21-18/h3-5,7-8,11,16H,6,9-10H2,1-2H3/t16-/m0/s1. The summed E-state index contributed by atoms with van der Waals surface area (Å²) in [6, 6.07) is 9.94. The molecule has 6 heteroatoms. The molecule has 3 aromatic rings. The molecule has 2 heterocycles. The maximum absolute atomic E-state index is 12.8. The van der Waals surface area contributed by atoms with Gasteiger partial charge < -0.3 is 4.90 Å². The Hall–Kier alpha value is -1.92. The topological polar surface area (TPSA) is 46.1 Å². The fraction of sp³-hybridized carbons (Fsp3) is 0.316. The van der Waals surface area contributed by atoms with Crippen LogP contribution in [0.5, 0.6) is 0 Å². The summed E-state index contributed by atoms with van der Waals surface area (Å²) in [5.41, 5.74) is 2.40. The van der Waals surface area contributed by atoms with E-state index >= 15 is 0 Å². The minimum Gasteiger partial charge on any atom is -0.348 e. The first-order valence-electron chi connectivity index (χ1n) is 8.33. The van der Waals surface area contributed by atoms with E-state index < -0.39 is 0 Å². The van der Waals surface area contributed by atoms with E-state index in [4.69, 9.17) is 0 Å². The Morgan fingerprint density at radius 1 is 1.20 bits per heavy atom. The van der Waals surface area contributed by atoms with Crippen molar-refractivity contribution in [1.82, 2.24) is 14.9 Å². The number of likely N-dealkylation sites (N-methyl/N-ethyl adjacent to an activating group) is 1. The molecule has 2 aromatic heterocycles. The molecular formula is C19H19N3OS2. The highest BCUT2D eigenvalue weighted by atomic mass is 32.2. The first kappa shape index (κ1) is 16.5. The SMILES string of the molecule is CN(C)C(=O)[C@@H](Sc1ncnc2sc3c(c12)CCC3)c1ccccc1. The van der Waals surface area contributed by atoms with Crippen molar-refractivity contribution < 1.29 is 4.79 Å². The van der Waals surface area contributed by atoms with Gasteiger partial charge in [-0.3, -0.25) is 4.79 Å². The zero-order chi connectivity index (χ0) is 17.4. The minimum atomic E-state index is -0.300. The number of carbonyl (C=O) groups is 1. The number of fused-ring (bicyclic) bond motifs is 3. The normalized spacial score (nSPS) is 14.5. The minimum absolute atomic E-state index is 0.0786. The Balaban J connectivity index is 1.78. The van der Waals surface area contributed by atoms with Crippen molar-refractivity contribution in [3.05, 3.63) is 52.7 Å². The second-order valence-electron chi connectivity index (χ2n) is 6.36. The van der Waals surface area contributed by atoms with Crippen molar-refractivity contribution >= 4 is 39.2 Å². The molecule has 1 aliphatic carbocycles. The Labute approximate surface area is 155 Å². The number of rotatable bonds is 4. The third-order valence-electron chi connectivity index (χ3n) is 4.46. The highest BCUT2D eigenvalue weighted by Gasteiger charge is 2.27. The van der Waals surface area contributed by atoms with E-state index in [1.54, 1.807) is 48.4 Å². The summed E-state index contributed by atoms with van der Waals surface area (Å²) >= 11 is 3.32. The molecular weight excluding hydrogens is 350 g/mol. The van der Waals surface area contributed by atoms with Gasteiger partial charge in [-0.1, -0.05) is 42.1 Å². The fourth-order valence-corrected chi connectivity index (χ4v) is 5.79. The zero-order valence-electron chi connectivity index (χ0n) is 14.2. The lowest BCUT2D eigenvalue weighted by Gasteiger charge is -2.20. The average Bonchev–Trinajstić information content (AvgIpc) is 3.20. The van der Waals surface area contributed by atoms with Gasteiger partial charge in [-0.15, -0.1) is 11.3 Å². The lowest BCUT2D eigenvalue weighted by molar-refractivity contribution is -0.128. The van der Waals surface area contributed by atoms with E-state index in [9.17, 15) is 4.79 Å². The second-order valence-corrected chi connectivity index (χ2v) is 8.53. The molecule has 0 unspecified atom stereocenters. The number of hydrogen-bond donors (Lipinski definition) is 0. The molecule has 0 saturated carbocycles. The van der Waals surface area contributed by atoms with Gasteiger partial charge in [0.15, 0.2) is 0 Å². The summed E-state index contributed by atoms with van der Waals surface area (Å²) in [6.07, 6.45) is 5.06. The van der Waals surface area contributed by atoms with Crippen LogP contribution in [0.25, 0.3) is 10.2 Å². The van der Waals surface area contributed by atoms with Crippen molar-refractivity contribution in [2.24, 2.45) is 0 Å². The molecule has 0 fully saturated rings. The number of hydrogen-bond acceptors (Lipinski definition) is 5. The molecule has 128 valence electrons. The molecule has 0 spiro atoms. The summed E-state index contributed by atoms with van der Waals surface area (Å²) in [7, 11) is 3.60. The largest absolute Gasteiger partial charge is 0.348 e. The van der Waals surface area contributed by atoms with Gasteiger partial charge in [-0.25, -0.2) is 9.97 Å². The van der Waals surface area contributed by atoms with Crippen LogP contribution in [-0.4, -0.2) is 34.9 Å². The van der Waals surface area contributed by atoms with Gasteiger partial charge in [-0.2, -0.15) is 0 Å². The van der Waals surface area contributed by atoms with E-state index in [0.29, 0.717) is 0 Å². The monoisotopic (exact) mass is 369 g/mol.